The number of hydrogen-bond acceptors (Lipinski definition) is 5. The number of nitrogens with one attached hydrogen (secondary N) is 1. The summed E-state index contributed by atoms with van der Waals surface area (Å²) in [6.07, 6.45) is 0.937. The Morgan fingerprint density at radius 3 is 2.73 bits per heavy atom. The van der Waals surface area contributed by atoms with Gasteiger partial charge in [0.2, 0.25) is 5.91 Å². The van der Waals surface area contributed by atoms with Crippen LogP contribution in [0.25, 0.3) is 11.1 Å². The summed E-state index contributed by atoms with van der Waals surface area (Å²) in [6.45, 7) is 5.09. The molecule has 0 saturated heterocycles. The van der Waals surface area contributed by atoms with E-state index < -0.39 is 5.97 Å². The zero-order valence-corrected chi connectivity index (χ0v) is 18.1. The quantitative estimate of drug-likeness (QED) is 0.601. The molecule has 0 fully saturated rings. The highest BCUT2D eigenvalue weighted by atomic mass is 32.1. The standard InChI is InChI=1S/C24H24N2O3S/c1-15-8-9-16(2)18(12-15)19-14-30-23(22(19)24(28)29-3)25-21(27)13-26-11-10-17-6-4-5-7-20(17)26/h4-9,12,14H,10-11,13H2,1-3H3,(H,25,27). The van der Waals surface area contributed by atoms with Crippen molar-refractivity contribution >= 4 is 33.9 Å². The molecule has 0 bridgehead atoms. The summed E-state index contributed by atoms with van der Waals surface area (Å²) in [5, 5.41) is 5.38. The predicted octanol–water partition coefficient (Wildman–Crippen LogP) is 4.82. The SMILES string of the molecule is COC(=O)c1c(-c2cc(C)ccc2C)csc1NC(=O)CN1CCc2ccccc21. The summed E-state index contributed by atoms with van der Waals surface area (Å²) in [6, 6.07) is 14.3. The number of benzene rings is 2. The van der Waals surface area contributed by atoms with Crippen LogP contribution in [0, 0.1) is 13.8 Å². The van der Waals surface area contributed by atoms with Crippen LogP contribution in [0.4, 0.5) is 10.7 Å². The highest BCUT2D eigenvalue weighted by Crippen LogP contribution is 2.38. The van der Waals surface area contributed by atoms with Crippen molar-refractivity contribution < 1.29 is 14.3 Å². The van der Waals surface area contributed by atoms with Crippen LogP contribution in [0.2, 0.25) is 0 Å². The van der Waals surface area contributed by atoms with Gasteiger partial charge in [0.25, 0.3) is 0 Å². The molecule has 2 heterocycles. The molecule has 1 amide bonds. The lowest BCUT2D eigenvalue weighted by molar-refractivity contribution is -0.114. The maximum absolute atomic E-state index is 12.8. The van der Waals surface area contributed by atoms with Crippen molar-refractivity contribution in [2.75, 3.05) is 30.4 Å². The number of ether oxygens (including phenoxy) is 1. The number of anilines is 2. The van der Waals surface area contributed by atoms with Crippen molar-refractivity contribution in [2.24, 2.45) is 0 Å². The average Bonchev–Trinajstić information content (AvgIpc) is 3.34. The second kappa shape index (κ2) is 8.32. The van der Waals surface area contributed by atoms with E-state index in [0.717, 1.165) is 40.9 Å². The third-order valence-corrected chi connectivity index (χ3v) is 6.33. The van der Waals surface area contributed by atoms with Crippen LogP contribution in [0.15, 0.2) is 47.8 Å². The fourth-order valence-electron chi connectivity index (χ4n) is 3.89. The summed E-state index contributed by atoms with van der Waals surface area (Å²) >= 11 is 1.35. The van der Waals surface area contributed by atoms with Gasteiger partial charge in [0.15, 0.2) is 0 Å². The Bertz CT molecular complexity index is 1120. The Labute approximate surface area is 180 Å². The van der Waals surface area contributed by atoms with Gasteiger partial charge in [-0.1, -0.05) is 42.0 Å². The smallest absolute Gasteiger partial charge is 0.341 e. The van der Waals surface area contributed by atoms with Gasteiger partial charge in [0, 0.05) is 23.2 Å². The normalized spacial score (nSPS) is 12.6. The largest absolute Gasteiger partial charge is 0.465 e. The van der Waals surface area contributed by atoms with Crippen LogP contribution in [-0.4, -0.2) is 32.1 Å². The lowest BCUT2D eigenvalue weighted by atomic mass is 9.97. The van der Waals surface area contributed by atoms with Crippen LogP contribution in [0.3, 0.4) is 0 Å². The van der Waals surface area contributed by atoms with Crippen LogP contribution in [0.5, 0.6) is 0 Å². The number of thiophene rings is 1. The number of methoxy groups -OCH3 is 1. The molecule has 6 heteroatoms. The van der Waals surface area contributed by atoms with E-state index in [1.807, 2.05) is 49.6 Å². The maximum atomic E-state index is 12.8. The molecule has 0 aliphatic carbocycles. The number of esters is 1. The van der Waals surface area contributed by atoms with Gasteiger partial charge in [-0.05, 0) is 43.0 Å². The average molecular weight is 421 g/mol. The van der Waals surface area contributed by atoms with Crippen molar-refractivity contribution in [1.82, 2.24) is 0 Å². The molecule has 1 aliphatic rings. The lowest BCUT2D eigenvalue weighted by Crippen LogP contribution is -2.32. The molecule has 1 N–H and O–H groups in total. The Morgan fingerprint density at radius 2 is 1.93 bits per heavy atom. The van der Waals surface area contributed by atoms with Gasteiger partial charge in [0.1, 0.15) is 10.6 Å². The number of amides is 1. The van der Waals surface area contributed by atoms with Gasteiger partial charge >= 0.3 is 5.97 Å². The van der Waals surface area contributed by atoms with Crippen molar-refractivity contribution in [3.63, 3.8) is 0 Å². The van der Waals surface area contributed by atoms with Crippen molar-refractivity contribution in [1.29, 1.82) is 0 Å². The van der Waals surface area contributed by atoms with Crippen molar-refractivity contribution in [3.05, 3.63) is 70.1 Å². The number of nitrogens with zero attached hydrogens (tertiary/aromatic N) is 1. The number of para-hydroxylation sites is 1. The highest BCUT2D eigenvalue weighted by molar-refractivity contribution is 7.15. The van der Waals surface area contributed by atoms with E-state index in [0.29, 0.717) is 10.6 Å². The van der Waals surface area contributed by atoms with Crippen LogP contribution >= 0.6 is 11.3 Å². The van der Waals surface area contributed by atoms with Crippen LogP contribution in [0.1, 0.15) is 27.0 Å². The van der Waals surface area contributed by atoms with E-state index in [1.165, 1.54) is 24.0 Å². The van der Waals surface area contributed by atoms with Crippen LogP contribution < -0.4 is 10.2 Å². The van der Waals surface area contributed by atoms with Gasteiger partial charge in [-0.2, -0.15) is 0 Å². The Hall–Kier alpha value is -3.12. The molecule has 0 unspecified atom stereocenters. The van der Waals surface area contributed by atoms with E-state index in [4.69, 9.17) is 4.74 Å². The fourth-order valence-corrected chi connectivity index (χ4v) is 4.85. The number of carbonyl (C=O) groups is 2. The first-order chi connectivity index (χ1) is 14.5. The van der Waals surface area contributed by atoms with Crippen molar-refractivity contribution in [2.45, 2.75) is 20.3 Å². The lowest BCUT2D eigenvalue weighted by Gasteiger charge is -2.18. The minimum Gasteiger partial charge on any atom is -0.465 e. The number of fused-ring (bicyclic) bond motifs is 1. The molecule has 2 aromatic carbocycles. The third-order valence-electron chi connectivity index (χ3n) is 5.43. The molecule has 0 radical (unpaired) electrons. The maximum Gasteiger partial charge on any atom is 0.341 e. The highest BCUT2D eigenvalue weighted by Gasteiger charge is 2.25. The molecule has 0 spiro atoms. The Balaban J connectivity index is 1.60. The zero-order chi connectivity index (χ0) is 21.3. The second-order valence-corrected chi connectivity index (χ2v) is 8.39. The first kappa shape index (κ1) is 20.2. The van der Waals surface area contributed by atoms with Gasteiger partial charge in [-0.25, -0.2) is 4.79 Å². The topological polar surface area (TPSA) is 58.6 Å². The molecular formula is C24H24N2O3S. The molecule has 1 aromatic heterocycles. The van der Waals surface area contributed by atoms with Crippen LogP contribution in [-0.2, 0) is 16.0 Å². The molecule has 0 atom stereocenters. The summed E-state index contributed by atoms with van der Waals surface area (Å²) in [5.74, 6) is -0.597. The van der Waals surface area contributed by atoms with E-state index >= 15 is 0 Å². The zero-order valence-electron chi connectivity index (χ0n) is 17.3. The summed E-state index contributed by atoms with van der Waals surface area (Å²) in [7, 11) is 1.36. The first-order valence-corrected chi connectivity index (χ1v) is 10.8. The minimum absolute atomic E-state index is 0.147. The summed E-state index contributed by atoms with van der Waals surface area (Å²) < 4.78 is 5.04. The minimum atomic E-state index is -0.450. The van der Waals surface area contributed by atoms with Crippen molar-refractivity contribution in [3.8, 4) is 11.1 Å². The summed E-state index contributed by atoms with van der Waals surface area (Å²) in [4.78, 5) is 27.5. The molecule has 3 aromatic rings. The predicted molar refractivity (Wildman–Crippen MR) is 122 cm³/mol. The number of hydrogen-bond donors (Lipinski definition) is 1. The van der Waals surface area contributed by atoms with Gasteiger partial charge in [0.05, 0.1) is 13.7 Å². The molecule has 154 valence electrons. The third kappa shape index (κ3) is 3.83. The first-order valence-electron chi connectivity index (χ1n) is 9.88. The molecule has 0 saturated carbocycles. The molecule has 4 rings (SSSR count). The second-order valence-electron chi connectivity index (χ2n) is 7.51. The fraction of sp³-hybridized carbons (Fsp3) is 0.250. The number of carbonyl (C=O) groups excluding carboxylic acids is 2. The van der Waals surface area contributed by atoms with E-state index in [2.05, 4.69) is 22.3 Å². The van der Waals surface area contributed by atoms with E-state index in [-0.39, 0.29) is 12.5 Å². The Kier molecular flexibility index (Phi) is 5.59. The van der Waals surface area contributed by atoms with E-state index in [1.54, 1.807) is 0 Å². The molecule has 1 aliphatic heterocycles. The van der Waals surface area contributed by atoms with Gasteiger partial charge in [-0.15, -0.1) is 11.3 Å². The summed E-state index contributed by atoms with van der Waals surface area (Å²) in [5.41, 5.74) is 6.70. The molecular weight excluding hydrogens is 396 g/mol. The van der Waals surface area contributed by atoms with E-state index in [9.17, 15) is 9.59 Å². The Morgan fingerprint density at radius 1 is 1.13 bits per heavy atom. The number of aryl methyl sites for hydroxylation is 2. The monoisotopic (exact) mass is 420 g/mol. The molecule has 5 nitrogen and oxygen atoms in total. The number of rotatable bonds is 5. The van der Waals surface area contributed by atoms with Gasteiger partial charge in [-0.3, -0.25) is 4.79 Å². The van der Waals surface area contributed by atoms with Gasteiger partial charge < -0.3 is 15.0 Å². The molecule has 30 heavy (non-hydrogen) atoms.